The molecule has 9 heteroatoms. The fourth-order valence-electron chi connectivity index (χ4n) is 3.98. The number of nitrogens with one attached hydrogen (secondary N) is 4. The minimum absolute atomic E-state index is 0.200. The number of pyridine rings is 1. The Balaban J connectivity index is 1.50. The van der Waals surface area contributed by atoms with Crippen molar-refractivity contribution in [1.82, 2.24) is 9.97 Å². The zero-order valence-corrected chi connectivity index (χ0v) is 17.3. The maximum absolute atomic E-state index is 14.1. The average molecular weight is 432 g/mol. The standard InChI is InChI=1S/C23H21FN6O2/c1-32-20-7-12-5-6-27-16(12)9-17(20)29-21-8-13-18(10-26-11-19(13)30-21)28-15-4-2-3-14(24)22(15)23(25)31/h2-4,7-11,27-30H,5-6H2,1H3,(H2,25,31). The number of rotatable bonds is 6. The smallest absolute Gasteiger partial charge is 0.253 e. The molecule has 32 heavy (non-hydrogen) atoms. The van der Waals surface area contributed by atoms with Crippen LogP contribution in [-0.2, 0) is 6.42 Å². The number of carbonyl (C=O) groups is 1. The van der Waals surface area contributed by atoms with E-state index in [1.165, 1.54) is 17.7 Å². The number of primary amides is 1. The van der Waals surface area contributed by atoms with E-state index in [0.717, 1.165) is 46.8 Å². The van der Waals surface area contributed by atoms with Gasteiger partial charge < -0.3 is 31.4 Å². The van der Waals surface area contributed by atoms with E-state index >= 15 is 0 Å². The van der Waals surface area contributed by atoms with Gasteiger partial charge in [-0.05, 0) is 42.3 Å². The second-order valence-corrected chi connectivity index (χ2v) is 7.49. The summed E-state index contributed by atoms with van der Waals surface area (Å²) in [6, 6.07) is 10.3. The third-order valence-electron chi connectivity index (χ3n) is 5.48. The number of carbonyl (C=O) groups excluding carboxylic acids is 1. The van der Waals surface area contributed by atoms with Crippen LogP contribution in [0.4, 0.5) is 33.0 Å². The maximum atomic E-state index is 14.1. The van der Waals surface area contributed by atoms with Crippen LogP contribution in [0.15, 0.2) is 48.8 Å². The van der Waals surface area contributed by atoms with E-state index in [1.807, 2.05) is 18.2 Å². The number of nitrogens with zero attached hydrogens (tertiary/aromatic N) is 1. The number of anilines is 5. The molecular formula is C23H21FN6O2. The summed E-state index contributed by atoms with van der Waals surface area (Å²) in [6.45, 7) is 0.905. The Labute approximate surface area is 183 Å². The first kappa shape index (κ1) is 19.7. The highest BCUT2D eigenvalue weighted by Gasteiger charge is 2.17. The fourth-order valence-corrected chi connectivity index (χ4v) is 3.98. The van der Waals surface area contributed by atoms with Crippen molar-refractivity contribution in [2.45, 2.75) is 6.42 Å². The number of benzene rings is 2. The monoisotopic (exact) mass is 432 g/mol. The summed E-state index contributed by atoms with van der Waals surface area (Å²) in [7, 11) is 1.64. The highest BCUT2D eigenvalue weighted by atomic mass is 19.1. The molecule has 1 amide bonds. The minimum Gasteiger partial charge on any atom is -0.495 e. The van der Waals surface area contributed by atoms with E-state index < -0.39 is 11.7 Å². The largest absolute Gasteiger partial charge is 0.495 e. The van der Waals surface area contributed by atoms with Crippen LogP contribution >= 0.6 is 0 Å². The lowest BCUT2D eigenvalue weighted by molar-refractivity contribution is 0.0997. The van der Waals surface area contributed by atoms with Gasteiger partial charge >= 0.3 is 0 Å². The van der Waals surface area contributed by atoms with E-state index in [-0.39, 0.29) is 11.3 Å². The van der Waals surface area contributed by atoms with E-state index in [1.54, 1.807) is 25.6 Å². The van der Waals surface area contributed by atoms with Gasteiger partial charge in [0.15, 0.2) is 0 Å². The first-order chi connectivity index (χ1) is 15.5. The number of nitrogens with two attached hydrogens (primary N) is 1. The Morgan fingerprint density at radius 2 is 2.03 bits per heavy atom. The molecule has 3 heterocycles. The molecule has 0 bridgehead atoms. The molecule has 0 saturated heterocycles. The molecule has 2 aromatic heterocycles. The van der Waals surface area contributed by atoms with Crippen LogP contribution in [0, 0.1) is 5.82 Å². The van der Waals surface area contributed by atoms with Crippen molar-refractivity contribution < 1.29 is 13.9 Å². The Bertz CT molecular complexity index is 1350. The molecule has 8 nitrogen and oxygen atoms in total. The van der Waals surface area contributed by atoms with Crippen molar-refractivity contribution in [2.24, 2.45) is 5.73 Å². The lowest BCUT2D eigenvalue weighted by Crippen LogP contribution is -2.15. The summed E-state index contributed by atoms with van der Waals surface area (Å²) in [5.74, 6) is -0.0639. The molecule has 0 spiro atoms. The number of methoxy groups -OCH3 is 1. The molecule has 1 aliphatic rings. The molecule has 5 rings (SSSR count). The Hall–Kier alpha value is -4.27. The third-order valence-corrected chi connectivity index (χ3v) is 5.48. The highest BCUT2D eigenvalue weighted by Crippen LogP contribution is 2.37. The molecule has 0 atom stereocenters. The topological polar surface area (TPSA) is 117 Å². The lowest BCUT2D eigenvalue weighted by atomic mass is 10.1. The predicted octanol–water partition coefficient (Wildman–Crippen LogP) is 4.26. The van der Waals surface area contributed by atoms with Gasteiger partial charge in [0.25, 0.3) is 5.91 Å². The fraction of sp³-hybridized carbons (Fsp3) is 0.130. The van der Waals surface area contributed by atoms with E-state index in [2.05, 4.69) is 25.9 Å². The number of aromatic nitrogens is 2. The van der Waals surface area contributed by atoms with Crippen molar-refractivity contribution in [3.8, 4) is 5.75 Å². The summed E-state index contributed by atoms with van der Waals surface area (Å²) in [5, 5.41) is 10.6. The number of ether oxygens (including phenoxy) is 1. The minimum atomic E-state index is -0.848. The zero-order valence-electron chi connectivity index (χ0n) is 17.3. The summed E-state index contributed by atoms with van der Waals surface area (Å²) >= 11 is 0. The number of fused-ring (bicyclic) bond motifs is 2. The van der Waals surface area contributed by atoms with Crippen LogP contribution in [0.25, 0.3) is 10.9 Å². The lowest BCUT2D eigenvalue weighted by Gasteiger charge is -2.12. The Kier molecular flexibility index (Phi) is 4.78. The number of amides is 1. The van der Waals surface area contributed by atoms with Gasteiger partial charge in [-0.3, -0.25) is 9.78 Å². The first-order valence-electron chi connectivity index (χ1n) is 10.1. The summed E-state index contributed by atoms with van der Waals surface area (Å²) in [4.78, 5) is 19.3. The number of H-pyrrole nitrogens is 1. The van der Waals surface area contributed by atoms with Crippen LogP contribution in [0.3, 0.4) is 0 Å². The maximum Gasteiger partial charge on any atom is 0.253 e. The van der Waals surface area contributed by atoms with Gasteiger partial charge in [-0.15, -0.1) is 0 Å². The molecule has 162 valence electrons. The summed E-state index contributed by atoms with van der Waals surface area (Å²) < 4.78 is 19.7. The van der Waals surface area contributed by atoms with Crippen LogP contribution in [0.5, 0.6) is 5.75 Å². The molecule has 1 aliphatic heterocycles. The molecule has 0 radical (unpaired) electrons. The zero-order chi connectivity index (χ0) is 22.2. The van der Waals surface area contributed by atoms with E-state index in [4.69, 9.17) is 10.5 Å². The Morgan fingerprint density at radius 1 is 1.16 bits per heavy atom. The number of halogens is 1. The van der Waals surface area contributed by atoms with Gasteiger partial charge in [-0.1, -0.05) is 6.07 Å². The first-order valence-corrected chi connectivity index (χ1v) is 10.1. The van der Waals surface area contributed by atoms with E-state index in [0.29, 0.717) is 5.69 Å². The average Bonchev–Trinajstić information content (AvgIpc) is 3.39. The SMILES string of the molecule is COc1cc2c(cc1Nc1cc3c(Nc4cccc(F)c4C(N)=O)cncc3[nH]1)NCC2. The second-order valence-electron chi connectivity index (χ2n) is 7.49. The van der Waals surface area contributed by atoms with Crippen molar-refractivity contribution in [1.29, 1.82) is 0 Å². The molecule has 0 fully saturated rings. The molecule has 2 aromatic carbocycles. The van der Waals surface area contributed by atoms with Crippen molar-refractivity contribution in [2.75, 3.05) is 29.6 Å². The molecule has 0 unspecified atom stereocenters. The summed E-state index contributed by atoms with van der Waals surface area (Å²) in [6.07, 6.45) is 4.26. The normalized spacial score (nSPS) is 12.3. The number of hydrogen-bond acceptors (Lipinski definition) is 6. The Morgan fingerprint density at radius 3 is 2.84 bits per heavy atom. The molecule has 0 saturated carbocycles. The highest BCUT2D eigenvalue weighted by molar-refractivity contribution is 6.02. The van der Waals surface area contributed by atoms with Crippen LogP contribution in [0.1, 0.15) is 15.9 Å². The van der Waals surface area contributed by atoms with Crippen LogP contribution < -0.4 is 26.4 Å². The van der Waals surface area contributed by atoms with Gasteiger partial charge in [0.05, 0.1) is 47.6 Å². The van der Waals surface area contributed by atoms with Crippen LogP contribution in [0.2, 0.25) is 0 Å². The second kappa shape index (κ2) is 7.77. The molecule has 0 aliphatic carbocycles. The van der Waals surface area contributed by atoms with Gasteiger partial charge in [-0.25, -0.2) is 4.39 Å². The van der Waals surface area contributed by atoms with Crippen LogP contribution in [-0.4, -0.2) is 29.5 Å². The quantitative estimate of drug-likeness (QED) is 0.311. The number of aromatic amines is 1. The van der Waals surface area contributed by atoms with Crippen molar-refractivity contribution in [3.63, 3.8) is 0 Å². The predicted molar refractivity (Wildman–Crippen MR) is 123 cm³/mol. The molecular weight excluding hydrogens is 411 g/mol. The van der Waals surface area contributed by atoms with Crippen molar-refractivity contribution >= 4 is 45.4 Å². The van der Waals surface area contributed by atoms with Gasteiger partial charge in [0.1, 0.15) is 17.4 Å². The summed E-state index contributed by atoms with van der Waals surface area (Å²) in [5.41, 5.74) is 9.92. The van der Waals surface area contributed by atoms with Crippen molar-refractivity contribution in [3.05, 3.63) is 65.7 Å². The molecule has 6 N–H and O–H groups in total. The van der Waals surface area contributed by atoms with Gasteiger partial charge in [-0.2, -0.15) is 0 Å². The molecule has 4 aromatic rings. The third kappa shape index (κ3) is 3.43. The van der Waals surface area contributed by atoms with Gasteiger partial charge in [0, 0.05) is 17.6 Å². The number of hydrogen-bond donors (Lipinski definition) is 5. The van der Waals surface area contributed by atoms with E-state index in [9.17, 15) is 9.18 Å². The van der Waals surface area contributed by atoms with Gasteiger partial charge in [0.2, 0.25) is 0 Å².